The molecule has 184 valence electrons. The summed E-state index contributed by atoms with van der Waals surface area (Å²) in [5, 5.41) is 15.2. The highest BCUT2D eigenvalue weighted by molar-refractivity contribution is 14.1. The SMILES string of the molecule is COc1cc(/C=C(/C#N)C(=O)N[C@H](C)c2ccccc2)cc(I)c1OCC(=O)Nc1ccc(C)cc1. The molecular formula is C28H26IN3O4. The van der Waals surface area contributed by atoms with Crippen LogP contribution >= 0.6 is 22.6 Å². The number of rotatable bonds is 9. The zero-order chi connectivity index (χ0) is 26.1. The summed E-state index contributed by atoms with van der Waals surface area (Å²) in [6.45, 7) is 3.62. The number of hydrogen-bond acceptors (Lipinski definition) is 5. The first-order valence-electron chi connectivity index (χ1n) is 11.1. The molecule has 0 aromatic heterocycles. The van der Waals surface area contributed by atoms with Crippen LogP contribution in [-0.2, 0) is 9.59 Å². The largest absolute Gasteiger partial charge is 0.493 e. The Balaban J connectivity index is 1.71. The van der Waals surface area contributed by atoms with Crippen molar-refractivity contribution in [3.05, 3.63) is 92.6 Å². The van der Waals surface area contributed by atoms with Crippen LogP contribution < -0.4 is 20.1 Å². The highest BCUT2D eigenvalue weighted by Gasteiger charge is 2.17. The summed E-state index contributed by atoms with van der Waals surface area (Å²) in [4.78, 5) is 25.0. The molecular weight excluding hydrogens is 569 g/mol. The quantitative estimate of drug-likeness (QED) is 0.196. The van der Waals surface area contributed by atoms with Gasteiger partial charge < -0.3 is 20.1 Å². The Morgan fingerprint density at radius 1 is 1.11 bits per heavy atom. The molecule has 36 heavy (non-hydrogen) atoms. The predicted octanol–water partition coefficient (Wildman–Crippen LogP) is 5.41. The average Bonchev–Trinajstić information content (AvgIpc) is 2.88. The molecule has 0 aliphatic rings. The fourth-order valence-electron chi connectivity index (χ4n) is 3.35. The number of anilines is 1. The second-order valence-corrected chi connectivity index (χ2v) is 9.17. The second kappa shape index (κ2) is 12.7. The van der Waals surface area contributed by atoms with Gasteiger partial charge in [-0.1, -0.05) is 48.0 Å². The van der Waals surface area contributed by atoms with E-state index in [0.29, 0.717) is 26.3 Å². The number of methoxy groups -OCH3 is 1. The van der Waals surface area contributed by atoms with E-state index in [1.54, 1.807) is 12.1 Å². The van der Waals surface area contributed by atoms with Crippen LogP contribution in [0.3, 0.4) is 0 Å². The van der Waals surface area contributed by atoms with Gasteiger partial charge in [0, 0.05) is 5.69 Å². The van der Waals surface area contributed by atoms with Crippen molar-refractivity contribution in [2.24, 2.45) is 0 Å². The fourth-order valence-corrected chi connectivity index (χ4v) is 4.13. The van der Waals surface area contributed by atoms with E-state index >= 15 is 0 Å². The minimum atomic E-state index is -0.476. The molecule has 0 saturated carbocycles. The lowest BCUT2D eigenvalue weighted by atomic mass is 10.1. The van der Waals surface area contributed by atoms with Gasteiger partial charge in [-0.2, -0.15) is 5.26 Å². The summed E-state index contributed by atoms with van der Waals surface area (Å²) in [6, 6.07) is 22.1. The summed E-state index contributed by atoms with van der Waals surface area (Å²) in [5.41, 5.74) is 3.27. The van der Waals surface area contributed by atoms with Gasteiger partial charge in [-0.25, -0.2) is 0 Å². The third-order valence-corrected chi connectivity index (χ3v) is 6.06. The van der Waals surface area contributed by atoms with Crippen molar-refractivity contribution in [2.45, 2.75) is 19.9 Å². The van der Waals surface area contributed by atoms with E-state index in [2.05, 4.69) is 33.2 Å². The molecule has 0 aliphatic heterocycles. The number of ether oxygens (including phenoxy) is 2. The van der Waals surface area contributed by atoms with E-state index in [0.717, 1.165) is 11.1 Å². The highest BCUT2D eigenvalue weighted by Crippen LogP contribution is 2.34. The molecule has 2 amide bonds. The fraction of sp³-hybridized carbons (Fsp3) is 0.179. The zero-order valence-electron chi connectivity index (χ0n) is 20.2. The number of carbonyl (C=O) groups is 2. The van der Waals surface area contributed by atoms with Crippen molar-refractivity contribution in [1.82, 2.24) is 5.32 Å². The van der Waals surface area contributed by atoms with Crippen molar-refractivity contribution in [2.75, 3.05) is 19.0 Å². The van der Waals surface area contributed by atoms with E-state index in [9.17, 15) is 14.9 Å². The number of hydrogen-bond donors (Lipinski definition) is 2. The Bertz CT molecular complexity index is 1300. The molecule has 0 spiro atoms. The van der Waals surface area contributed by atoms with Gasteiger partial charge in [0.1, 0.15) is 11.6 Å². The van der Waals surface area contributed by atoms with E-state index in [-0.39, 0.29) is 24.1 Å². The van der Waals surface area contributed by atoms with Crippen molar-refractivity contribution in [3.63, 3.8) is 0 Å². The summed E-state index contributed by atoms with van der Waals surface area (Å²) < 4.78 is 11.9. The second-order valence-electron chi connectivity index (χ2n) is 8.01. The Morgan fingerprint density at radius 2 is 1.81 bits per heavy atom. The number of carbonyl (C=O) groups excluding carboxylic acids is 2. The molecule has 8 heteroatoms. The smallest absolute Gasteiger partial charge is 0.262 e. The number of halogens is 1. The summed E-state index contributed by atoms with van der Waals surface area (Å²) in [7, 11) is 1.48. The molecule has 3 aromatic rings. The summed E-state index contributed by atoms with van der Waals surface area (Å²) in [6.07, 6.45) is 1.49. The molecule has 1 atom stereocenters. The minimum absolute atomic E-state index is 0.0400. The van der Waals surface area contributed by atoms with Crippen molar-refractivity contribution >= 4 is 46.2 Å². The number of nitrogens with one attached hydrogen (secondary N) is 2. The molecule has 7 nitrogen and oxygen atoms in total. The molecule has 3 aromatic carbocycles. The van der Waals surface area contributed by atoms with Gasteiger partial charge in [-0.3, -0.25) is 9.59 Å². The van der Waals surface area contributed by atoms with E-state index in [4.69, 9.17) is 9.47 Å². The third-order valence-electron chi connectivity index (χ3n) is 5.26. The van der Waals surface area contributed by atoms with Crippen LogP contribution in [-0.4, -0.2) is 25.5 Å². The van der Waals surface area contributed by atoms with Gasteiger partial charge in [0.2, 0.25) is 0 Å². The van der Waals surface area contributed by atoms with E-state index < -0.39 is 5.91 Å². The van der Waals surface area contributed by atoms with Gasteiger partial charge in [0.25, 0.3) is 11.8 Å². The highest BCUT2D eigenvalue weighted by atomic mass is 127. The molecule has 2 N–H and O–H groups in total. The first-order valence-corrected chi connectivity index (χ1v) is 12.2. The van der Waals surface area contributed by atoms with Crippen LogP contribution in [0.4, 0.5) is 5.69 Å². The first kappa shape index (κ1) is 26.8. The van der Waals surface area contributed by atoms with Crippen molar-refractivity contribution in [1.29, 1.82) is 5.26 Å². The lowest BCUT2D eigenvalue weighted by Crippen LogP contribution is -2.27. The molecule has 3 rings (SSSR count). The normalized spacial score (nSPS) is 11.7. The number of benzene rings is 3. The van der Waals surface area contributed by atoms with Crippen LogP contribution in [0.5, 0.6) is 11.5 Å². The average molecular weight is 595 g/mol. The molecule has 0 heterocycles. The van der Waals surface area contributed by atoms with Crippen LogP contribution in [0.1, 0.15) is 29.7 Å². The van der Waals surface area contributed by atoms with Crippen molar-refractivity contribution < 1.29 is 19.1 Å². The Morgan fingerprint density at radius 3 is 2.44 bits per heavy atom. The molecule has 0 saturated heterocycles. The predicted molar refractivity (Wildman–Crippen MR) is 148 cm³/mol. The summed E-state index contributed by atoms with van der Waals surface area (Å²) >= 11 is 2.06. The molecule has 0 radical (unpaired) electrons. The molecule has 0 bridgehead atoms. The van der Waals surface area contributed by atoms with Crippen LogP contribution in [0.2, 0.25) is 0 Å². The third kappa shape index (κ3) is 7.33. The molecule has 0 aliphatic carbocycles. The number of nitriles is 1. The minimum Gasteiger partial charge on any atom is -0.493 e. The Hall–Kier alpha value is -3.84. The topological polar surface area (TPSA) is 100 Å². The molecule has 0 unspecified atom stereocenters. The van der Waals surface area contributed by atoms with Crippen LogP contribution in [0.25, 0.3) is 6.08 Å². The van der Waals surface area contributed by atoms with Gasteiger partial charge >= 0.3 is 0 Å². The lowest BCUT2D eigenvalue weighted by Gasteiger charge is -2.15. The van der Waals surface area contributed by atoms with Gasteiger partial charge in [-0.05, 0) is 77.9 Å². The van der Waals surface area contributed by atoms with Crippen LogP contribution in [0, 0.1) is 21.8 Å². The monoisotopic (exact) mass is 595 g/mol. The number of aryl methyl sites for hydroxylation is 1. The van der Waals surface area contributed by atoms with Gasteiger partial charge in [0.15, 0.2) is 18.1 Å². The van der Waals surface area contributed by atoms with Gasteiger partial charge in [-0.15, -0.1) is 0 Å². The standard InChI is InChI=1S/C28H26IN3O4/c1-18-9-11-23(12-10-18)32-26(33)17-36-27-24(29)14-20(15-25(27)35-3)13-22(16-30)28(34)31-19(2)21-7-5-4-6-8-21/h4-15,19H,17H2,1-3H3,(H,31,34)(H,32,33)/b22-13-/t19-/m1/s1. The maximum atomic E-state index is 12.7. The maximum Gasteiger partial charge on any atom is 0.262 e. The first-order chi connectivity index (χ1) is 17.3. The van der Waals surface area contributed by atoms with E-state index in [1.165, 1.54) is 13.2 Å². The maximum absolute atomic E-state index is 12.7. The number of amides is 2. The summed E-state index contributed by atoms with van der Waals surface area (Å²) in [5.74, 6) is -0.00538. The van der Waals surface area contributed by atoms with Crippen molar-refractivity contribution in [3.8, 4) is 17.6 Å². The van der Waals surface area contributed by atoms with Crippen LogP contribution in [0.15, 0.2) is 72.3 Å². The Kier molecular flexibility index (Phi) is 9.47. The van der Waals surface area contributed by atoms with E-state index in [1.807, 2.05) is 74.5 Å². The Labute approximate surface area is 224 Å². The molecule has 0 fully saturated rings. The van der Waals surface area contributed by atoms with Gasteiger partial charge in [0.05, 0.1) is 16.7 Å². The lowest BCUT2D eigenvalue weighted by molar-refractivity contribution is -0.118. The zero-order valence-corrected chi connectivity index (χ0v) is 22.3. The number of nitrogens with zero attached hydrogens (tertiary/aromatic N) is 1.